The Labute approximate surface area is 140 Å². The van der Waals surface area contributed by atoms with Gasteiger partial charge >= 0.3 is 0 Å². The monoisotopic (exact) mass is 310 g/mol. The third kappa shape index (κ3) is 19.7. The first-order chi connectivity index (χ1) is 10.9. The Hall–Kier alpha value is -0.300. The van der Waals surface area contributed by atoms with E-state index in [0.29, 0.717) is 0 Å². The van der Waals surface area contributed by atoms with Crippen LogP contribution >= 0.6 is 0 Å². The first-order valence-corrected chi connectivity index (χ1v) is 10.1. The summed E-state index contributed by atoms with van der Waals surface area (Å²) in [4.78, 5) is 0. The third-order valence-corrected chi connectivity index (χ3v) is 4.29. The average molecular weight is 311 g/mol. The van der Waals surface area contributed by atoms with E-state index in [-0.39, 0.29) is 0 Å². The molecule has 0 unspecified atom stereocenters. The van der Waals surface area contributed by atoms with E-state index in [9.17, 15) is 0 Å². The lowest BCUT2D eigenvalue weighted by molar-refractivity contribution is 0.128. The van der Waals surface area contributed by atoms with Gasteiger partial charge in [0.15, 0.2) is 0 Å². The highest BCUT2D eigenvalue weighted by molar-refractivity contribution is 4.75. The van der Waals surface area contributed by atoms with Gasteiger partial charge in [0.25, 0.3) is 0 Å². The number of ether oxygens (including phenoxy) is 1. The van der Waals surface area contributed by atoms with Gasteiger partial charge in [0.05, 0.1) is 0 Å². The van der Waals surface area contributed by atoms with Gasteiger partial charge in [-0.3, -0.25) is 0 Å². The van der Waals surface area contributed by atoms with Crippen LogP contribution in [0.3, 0.4) is 0 Å². The predicted molar refractivity (Wildman–Crippen MR) is 101 cm³/mol. The smallest absolute Gasteiger partial charge is 0.0468 e. The number of hydrogen-bond acceptors (Lipinski definition) is 1. The standard InChI is InChI=1S/C21H42O/c1-3-5-7-9-10-11-12-13-14-15-16-17-19-21-22-20-18-8-6-4-2/h4,6H,3,5,7-21H2,1-2H3. The van der Waals surface area contributed by atoms with Crippen molar-refractivity contribution in [2.45, 2.75) is 110 Å². The van der Waals surface area contributed by atoms with Crippen molar-refractivity contribution in [1.82, 2.24) is 0 Å². The Bertz CT molecular complexity index is 210. The molecular weight excluding hydrogens is 268 g/mol. The summed E-state index contributed by atoms with van der Waals surface area (Å²) in [7, 11) is 0. The highest BCUT2D eigenvalue weighted by Crippen LogP contribution is 2.12. The fraction of sp³-hybridized carbons (Fsp3) is 0.905. The molecule has 0 bridgehead atoms. The van der Waals surface area contributed by atoms with Gasteiger partial charge in [0.2, 0.25) is 0 Å². The summed E-state index contributed by atoms with van der Waals surface area (Å²) < 4.78 is 5.65. The minimum Gasteiger partial charge on any atom is -0.381 e. The van der Waals surface area contributed by atoms with Crippen LogP contribution in [-0.4, -0.2) is 13.2 Å². The molecule has 0 atom stereocenters. The molecule has 0 aliphatic rings. The molecule has 1 nitrogen and oxygen atoms in total. The number of hydrogen-bond donors (Lipinski definition) is 0. The Morgan fingerprint density at radius 2 is 1.05 bits per heavy atom. The van der Waals surface area contributed by atoms with Crippen molar-refractivity contribution in [1.29, 1.82) is 0 Å². The maximum Gasteiger partial charge on any atom is 0.0468 e. The molecule has 0 rings (SSSR count). The summed E-state index contributed by atoms with van der Waals surface area (Å²) in [6.07, 6.45) is 25.1. The normalized spacial score (nSPS) is 11.5. The molecule has 0 aromatic rings. The first-order valence-electron chi connectivity index (χ1n) is 10.1. The fourth-order valence-electron chi connectivity index (χ4n) is 2.79. The van der Waals surface area contributed by atoms with E-state index in [2.05, 4.69) is 26.0 Å². The Balaban J connectivity index is 2.94. The molecule has 0 fully saturated rings. The van der Waals surface area contributed by atoms with E-state index >= 15 is 0 Å². The summed E-state index contributed by atoms with van der Waals surface area (Å²) in [5.74, 6) is 0. The van der Waals surface area contributed by atoms with Crippen LogP contribution < -0.4 is 0 Å². The molecule has 0 aliphatic heterocycles. The second-order valence-electron chi connectivity index (χ2n) is 6.57. The van der Waals surface area contributed by atoms with Crippen LogP contribution in [0, 0.1) is 0 Å². The maximum atomic E-state index is 5.65. The molecule has 0 saturated heterocycles. The lowest BCUT2D eigenvalue weighted by atomic mass is 10.0. The van der Waals surface area contributed by atoms with Crippen molar-refractivity contribution in [3.63, 3.8) is 0 Å². The van der Waals surface area contributed by atoms with Crippen molar-refractivity contribution < 1.29 is 4.74 Å². The fourth-order valence-corrected chi connectivity index (χ4v) is 2.79. The molecule has 0 saturated carbocycles. The molecule has 0 aliphatic carbocycles. The number of unbranched alkanes of at least 4 members (excludes halogenated alkanes) is 13. The van der Waals surface area contributed by atoms with E-state index in [4.69, 9.17) is 4.74 Å². The highest BCUT2D eigenvalue weighted by Gasteiger charge is 1.94. The molecule has 132 valence electrons. The van der Waals surface area contributed by atoms with E-state index in [1.165, 1.54) is 89.9 Å². The molecule has 0 aromatic carbocycles. The van der Waals surface area contributed by atoms with Gasteiger partial charge in [-0.05, 0) is 26.2 Å². The van der Waals surface area contributed by atoms with Gasteiger partial charge < -0.3 is 4.74 Å². The lowest BCUT2D eigenvalue weighted by Gasteiger charge is -2.04. The van der Waals surface area contributed by atoms with Gasteiger partial charge in [-0.1, -0.05) is 96.1 Å². The predicted octanol–water partition coefficient (Wildman–Crippen LogP) is 7.45. The van der Waals surface area contributed by atoms with E-state index in [0.717, 1.165) is 19.6 Å². The van der Waals surface area contributed by atoms with Crippen molar-refractivity contribution in [2.75, 3.05) is 13.2 Å². The van der Waals surface area contributed by atoms with Gasteiger partial charge in [-0.25, -0.2) is 0 Å². The zero-order chi connectivity index (χ0) is 16.1. The van der Waals surface area contributed by atoms with Crippen molar-refractivity contribution in [3.05, 3.63) is 12.2 Å². The van der Waals surface area contributed by atoms with Crippen LogP contribution in [-0.2, 0) is 4.74 Å². The van der Waals surface area contributed by atoms with Crippen LogP contribution in [0.5, 0.6) is 0 Å². The Kier molecular flexibility index (Phi) is 20.4. The second-order valence-corrected chi connectivity index (χ2v) is 6.57. The minimum atomic E-state index is 0.933. The van der Waals surface area contributed by atoms with E-state index in [1.807, 2.05) is 0 Å². The zero-order valence-electron chi connectivity index (χ0n) is 15.6. The summed E-state index contributed by atoms with van der Waals surface area (Å²) in [6.45, 7) is 6.27. The second kappa shape index (κ2) is 20.7. The van der Waals surface area contributed by atoms with Crippen LogP contribution in [0.2, 0.25) is 0 Å². The van der Waals surface area contributed by atoms with E-state index < -0.39 is 0 Å². The number of rotatable bonds is 18. The summed E-state index contributed by atoms with van der Waals surface area (Å²) in [5, 5.41) is 0. The van der Waals surface area contributed by atoms with Crippen LogP contribution in [0.15, 0.2) is 12.2 Å². The molecule has 0 heterocycles. The van der Waals surface area contributed by atoms with Crippen molar-refractivity contribution >= 4 is 0 Å². The average Bonchev–Trinajstić information content (AvgIpc) is 2.54. The topological polar surface area (TPSA) is 9.23 Å². The first kappa shape index (κ1) is 21.7. The van der Waals surface area contributed by atoms with Gasteiger partial charge in [-0.15, -0.1) is 0 Å². The molecule has 0 amide bonds. The van der Waals surface area contributed by atoms with Gasteiger partial charge in [0, 0.05) is 13.2 Å². The maximum absolute atomic E-state index is 5.65. The molecule has 0 N–H and O–H groups in total. The van der Waals surface area contributed by atoms with E-state index in [1.54, 1.807) is 0 Å². The Morgan fingerprint density at radius 1 is 0.591 bits per heavy atom. The summed E-state index contributed by atoms with van der Waals surface area (Å²) in [5.41, 5.74) is 0. The Morgan fingerprint density at radius 3 is 1.55 bits per heavy atom. The van der Waals surface area contributed by atoms with Crippen LogP contribution in [0.4, 0.5) is 0 Å². The lowest BCUT2D eigenvalue weighted by Crippen LogP contribution is -1.96. The zero-order valence-corrected chi connectivity index (χ0v) is 15.6. The SMILES string of the molecule is CC=CCCCOCCCCCCCCCCCCCCC. The summed E-state index contributed by atoms with van der Waals surface area (Å²) >= 11 is 0. The molecule has 0 spiro atoms. The third-order valence-electron chi connectivity index (χ3n) is 4.29. The number of allylic oxidation sites excluding steroid dienone is 2. The highest BCUT2D eigenvalue weighted by atomic mass is 16.5. The molecule has 22 heavy (non-hydrogen) atoms. The van der Waals surface area contributed by atoms with Gasteiger partial charge in [-0.2, -0.15) is 0 Å². The van der Waals surface area contributed by atoms with Crippen LogP contribution in [0.25, 0.3) is 0 Å². The van der Waals surface area contributed by atoms with Crippen molar-refractivity contribution in [2.24, 2.45) is 0 Å². The van der Waals surface area contributed by atoms with Crippen molar-refractivity contribution in [3.8, 4) is 0 Å². The van der Waals surface area contributed by atoms with Crippen LogP contribution in [0.1, 0.15) is 110 Å². The largest absolute Gasteiger partial charge is 0.381 e. The summed E-state index contributed by atoms with van der Waals surface area (Å²) in [6, 6.07) is 0. The van der Waals surface area contributed by atoms with Gasteiger partial charge in [0.1, 0.15) is 0 Å². The molecule has 0 aromatic heterocycles. The molecule has 1 heteroatoms. The molecular formula is C21H42O. The minimum absolute atomic E-state index is 0.933. The molecule has 0 radical (unpaired) electrons. The quantitative estimate of drug-likeness (QED) is 0.189.